The van der Waals surface area contributed by atoms with Crippen LogP contribution in [-0.2, 0) is 14.3 Å². The van der Waals surface area contributed by atoms with E-state index in [2.05, 4.69) is 0 Å². The minimum atomic E-state index is -0.653. The minimum absolute atomic E-state index is 0.0315. The van der Waals surface area contributed by atoms with E-state index >= 15 is 0 Å². The third kappa shape index (κ3) is 13.0. The molecule has 0 heterocycles. The fraction of sp³-hybridized carbons (Fsp3) is 0.857. The van der Waals surface area contributed by atoms with E-state index in [1.807, 2.05) is 34.6 Å². The summed E-state index contributed by atoms with van der Waals surface area (Å²) in [6.45, 7) is 9.59. The molecule has 4 nitrogen and oxygen atoms in total. The summed E-state index contributed by atoms with van der Waals surface area (Å²) in [4.78, 5) is 21.0. The number of carboxylic acids is 1. The smallest absolute Gasteiger partial charge is 0.306 e. The molecule has 0 amide bonds. The van der Waals surface area contributed by atoms with Crippen molar-refractivity contribution < 1.29 is 19.4 Å². The van der Waals surface area contributed by atoms with Crippen molar-refractivity contribution in [3.63, 3.8) is 0 Å². The minimum Gasteiger partial charge on any atom is -0.481 e. The van der Waals surface area contributed by atoms with Crippen molar-refractivity contribution in [1.82, 2.24) is 0 Å². The lowest BCUT2D eigenvalue weighted by Gasteiger charge is -2.05. The monoisotopic (exact) mass is 260 g/mol. The van der Waals surface area contributed by atoms with E-state index in [0.717, 1.165) is 25.7 Å². The van der Waals surface area contributed by atoms with E-state index in [1.165, 1.54) is 0 Å². The number of carboxylic acid groups (broad SMARTS) is 1. The maximum atomic E-state index is 10.6. The first kappa shape index (κ1) is 19.3. The molecule has 0 rings (SSSR count). The number of hydrogen-bond acceptors (Lipinski definition) is 3. The molecule has 1 N–H and O–H groups in total. The van der Waals surface area contributed by atoms with Gasteiger partial charge in [-0.1, -0.05) is 27.2 Å². The summed E-state index contributed by atoms with van der Waals surface area (Å²) in [6, 6.07) is 0. The lowest BCUT2D eigenvalue weighted by atomic mass is 10.0. The Morgan fingerprint density at radius 3 is 1.89 bits per heavy atom. The number of carbonyl (C=O) groups is 2. The number of rotatable bonds is 7. The van der Waals surface area contributed by atoms with Crippen molar-refractivity contribution in [2.24, 2.45) is 5.92 Å². The molecular weight excluding hydrogens is 232 g/mol. The molecule has 0 aromatic rings. The van der Waals surface area contributed by atoms with Crippen LogP contribution in [0, 0.1) is 5.92 Å². The molecule has 4 heteroatoms. The molecule has 1 unspecified atom stereocenters. The molecule has 0 aliphatic rings. The zero-order chi connectivity index (χ0) is 14.6. The molecule has 0 spiro atoms. The van der Waals surface area contributed by atoms with Gasteiger partial charge in [0, 0.05) is 6.42 Å². The summed E-state index contributed by atoms with van der Waals surface area (Å²) in [6.07, 6.45) is 3.97. The lowest BCUT2D eigenvalue weighted by Crippen LogP contribution is -2.11. The normalized spacial score (nSPS) is 11.4. The predicted molar refractivity (Wildman–Crippen MR) is 72.5 cm³/mol. The van der Waals surface area contributed by atoms with Crippen molar-refractivity contribution in [2.45, 2.75) is 72.8 Å². The standard InChI is InChI=1S/2C7H14O2/c1-4-5-7(8)9-6(2)3;1-3-5-6(4-2)7(8)9/h6H,4-5H2,1-3H3;6H,3-5H2,1-2H3,(H,8,9). The molecule has 0 aliphatic carbocycles. The summed E-state index contributed by atoms with van der Waals surface area (Å²) in [7, 11) is 0. The summed E-state index contributed by atoms with van der Waals surface area (Å²) in [5, 5.41) is 8.50. The Morgan fingerprint density at radius 2 is 1.67 bits per heavy atom. The predicted octanol–water partition coefficient (Wildman–Crippen LogP) is 3.64. The Kier molecular flexibility index (Phi) is 13.3. The Labute approximate surface area is 111 Å². The first-order valence-electron chi connectivity index (χ1n) is 6.81. The number of carbonyl (C=O) groups excluding carboxylic acids is 1. The van der Waals surface area contributed by atoms with Crippen LogP contribution < -0.4 is 0 Å². The fourth-order valence-corrected chi connectivity index (χ4v) is 1.38. The largest absolute Gasteiger partial charge is 0.481 e. The van der Waals surface area contributed by atoms with Gasteiger partial charge in [-0.05, 0) is 33.1 Å². The van der Waals surface area contributed by atoms with Crippen molar-refractivity contribution in [3.8, 4) is 0 Å². The van der Waals surface area contributed by atoms with E-state index in [1.54, 1.807) is 0 Å². The molecule has 0 aliphatic heterocycles. The van der Waals surface area contributed by atoms with Gasteiger partial charge >= 0.3 is 11.9 Å². The molecule has 0 fully saturated rings. The maximum absolute atomic E-state index is 10.6. The maximum Gasteiger partial charge on any atom is 0.306 e. The third-order valence-electron chi connectivity index (χ3n) is 2.30. The van der Waals surface area contributed by atoms with Crippen LogP contribution in [0.3, 0.4) is 0 Å². The molecule has 0 saturated carbocycles. The van der Waals surface area contributed by atoms with Crippen LogP contribution in [0.15, 0.2) is 0 Å². The van der Waals surface area contributed by atoms with E-state index < -0.39 is 5.97 Å². The van der Waals surface area contributed by atoms with Crippen LogP contribution >= 0.6 is 0 Å². The Balaban J connectivity index is 0. The molecule has 108 valence electrons. The van der Waals surface area contributed by atoms with E-state index in [-0.39, 0.29) is 18.0 Å². The van der Waals surface area contributed by atoms with Gasteiger partial charge in [-0.3, -0.25) is 9.59 Å². The summed E-state index contributed by atoms with van der Waals surface area (Å²) in [5.41, 5.74) is 0. The summed E-state index contributed by atoms with van der Waals surface area (Å²) in [5.74, 6) is -0.859. The summed E-state index contributed by atoms with van der Waals surface area (Å²) >= 11 is 0. The van der Waals surface area contributed by atoms with Gasteiger partial charge in [-0.2, -0.15) is 0 Å². The Hall–Kier alpha value is -1.06. The first-order chi connectivity index (χ1) is 8.38. The van der Waals surface area contributed by atoms with Crippen molar-refractivity contribution in [1.29, 1.82) is 0 Å². The number of aliphatic carboxylic acids is 1. The molecule has 0 saturated heterocycles. The molecule has 0 aromatic heterocycles. The zero-order valence-electron chi connectivity index (χ0n) is 12.4. The van der Waals surface area contributed by atoms with Crippen LogP contribution in [0.2, 0.25) is 0 Å². The molecule has 0 aromatic carbocycles. The van der Waals surface area contributed by atoms with Crippen LogP contribution in [0.1, 0.15) is 66.7 Å². The van der Waals surface area contributed by atoms with Gasteiger partial charge in [-0.15, -0.1) is 0 Å². The average molecular weight is 260 g/mol. The fourth-order valence-electron chi connectivity index (χ4n) is 1.38. The van der Waals surface area contributed by atoms with E-state index in [9.17, 15) is 9.59 Å². The second-order valence-electron chi connectivity index (χ2n) is 4.52. The van der Waals surface area contributed by atoms with Crippen molar-refractivity contribution in [3.05, 3.63) is 0 Å². The molecule has 18 heavy (non-hydrogen) atoms. The van der Waals surface area contributed by atoms with E-state index in [4.69, 9.17) is 9.84 Å². The van der Waals surface area contributed by atoms with Gasteiger partial charge in [0.15, 0.2) is 0 Å². The second-order valence-corrected chi connectivity index (χ2v) is 4.52. The SMILES string of the molecule is CCCC(=O)OC(C)C.CCCC(CC)C(=O)O. The number of ether oxygens (including phenoxy) is 1. The zero-order valence-corrected chi connectivity index (χ0v) is 12.4. The quantitative estimate of drug-likeness (QED) is 0.710. The lowest BCUT2D eigenvalue weighted by molar-refractivity contribution is -0.147. The highest BCUT2D eigenvalue weighted by Gasteiger charge is 2.12. The highest BCUT2D eigenvalue weighted by atomic mass is 16.5. The second kappa shape index (κ2) is 12.4. The highest BCUT2D eigenvalue weighted by Crippen LogP contribution is 2.09. The van der Waals surface area contributed by atoms with Crippen LogP contribution in [-0.4, -0.2) is 23.1 Å². The molecule has 0 bridgehead atoms. The number of hydrogen-bond donors (Lipinski definition) is 1. The first-order valence-corrected chi connectivity index (χ1v) is 6.81. The van der Waals surface area contributed by atoms with Gasteiger partial charge in [0.25, 0.3) is 0 Å². The van der Waals surface area contributed by atoms with Gasteiger partial charge in [0.1, 0.15) is 0 Å². The van der Waals surface area contributed by atoms with Gasteiger partial charge in [0.05, 0.1) is 12.0 Å². The van der Waals surface area contributed by atoms with Gasteiger partial charge in [-0.25, -0.2) is 0 Å². The molecule has 0 radical (unpaired) electrons. The Bertz CT molecular complexity index is 224. The average Bonchev–Trinajstić information content (AvgIpc) is 2.25. The third-order valence-corrected chi connectivity index (χ3v) is 2.30. The topological polar surface area (TPSA) is 63.6 Å². The number of esters is 1. The van der Waals surface area contributed by atoms with Gasteiger partial charge < -0.3 is 9.84 Å². The van der Waals surface area contributed by atoms with Crippen molar-refractivity contribution in [2.75, 3.05) is 0 Å². The summed E-state index contributed by atoms with van der Waals surface area (Å²) < 4.78 is 4.85. The molecule has 1 atom stereocenters. The van der Waals surface area contributed by atoms with Crippen LogP contribution in [0.5, 0.6) is 0 Å². The van der Waals surface area contributed by atoms with E-state index in [0.29, 0.717) is 6.42 Å². The Morgan fingerprint density at radius 1 is 1.11 bits per heavy atom. The van der Waals surface area contributed by atoms with Crippen molar-refractivity contribution >= 4 is 11.9 Å². The van der Waals surface area contributed by atoms with Crippen LogP contribution in [0.25, 0.3) is 0 Å². The van der Waals surface area contributed by atoms with Crippen LogP contribution in [0.4, 0.5) is 0 Å². The molecular formula is C14H28O4. The highest BCUT2D eigenvalue weighted by molar-refractivity contribution is 5.69. The van der Waals surface area contributed by atoms with Gasteiger partial charge in [0.2, 0.25) is 0 Å².